The van der Waals surface area contributed by atoms with Gasteiger partial charge in [-0.15, -0.1) is 0 Å². The van der Waals surface area contributed by atoms with Crippen LogP contribution in [0.3, 0.4) is 0 Å². The van der Waals surface area contributed by atoms with Gasteiger partial charge in [0, 0.05) is 16.8 Å². The van der Waals surface area contributed by atoms with Crippen molar-refractivity contribution < 1.29 is 13.2 Å². The summed E-state index contributed by atoms with van der Waals surface area (Å²) < 4.78 is 39.2. The SMILES string of the molecule is CC1(Nc2ccc(C(N)=S)c(C(F)(F)F)c2)CCCC1. The number of hydrogen-bond donors (Lipinski definition) is 2. The van der Waals surface area contributed by atoms with Gasteiger partial charge in [-0.05, 0) is 38.0 Å². The van der Waals surface area contributed by atoms with Gasteiger partial charge in [0.05, 0.1) is 5.56 Å². The molecule has 0 amide bonds. The first-order chi connectivity index (χ1) is 9.21. The van der Waals surface area contributed by atoms with Crippen molar-refractivity contribution in [1.82, 2.24) is 0 Å². The minimum Gasteiger partial charge on any atom is -0.389 e. The van der Waals surface area contributed by atoms with E-state index < -0.39 is 11.7 Å². The van der Waals surface area contributed by atoms with Crippen LogP contribution in [-0.2, 0) is 6.18 Å². The number of anilines is 1. The van der Waals surface area contributed by atoms with Gasteiger partial charge < -0.3 is 11.1 Å². The van der Waals surface area contributed by atoms with E-state index >= 15 is 0 Å². The quantitative estimate of drug-likeness (QED) is 0.826. The highest BCUT2D eigenvalue weighted by atomic mass is 32.1. The average molecular weight is 302 g/mol. The van der Waals surface area contributed by atoms with E-state index in [9.17, 15) is 13.2 Å². The summed E-state index contributed by atoms with van der Waals surface area (Å²) in [5.41, 5.74) is 4.78. The van der Waals surface area contributed by atoms with Crippen molar-refractivity contribution >= 4 is 22.9 Å². The first kappa shape index (κ1) is 15.1. The molecule has 2 nitrogen and oxygen atoms in total. The molecule has 1 aliphatic rings. The Kier molecular flexibility index (Phi) is 3.95. The summed E-state index contributed by atoms with van der Waals surface area (Å²) in [5.74, 6) is 0. The second-order valence-electron chi connectivity index (χ2n) is 5.52. The van der Waals surface area contributed by atoms with Crippen LogP contribution in [0.2, 0.25) is 0 Å². The molecule has 1 aliphatic carbocycles. The Labute approximate surface area is 121 Å². The lowest BCUT2D eigenvalue weighted by Gasteiger charge is -2.27. The Bertz CT molecular complexity index is 520. The molecule has 110 valence electrons. The Hall–Kier alpha value is -1.30. The lowest BCUT2D eigenvalue weighted by molar-refractivity contribution is -0.137. The zero-order valence-corrected chi connectivity index (χ0v) is 12.0. The molecular formula is C14H17F3N2S. The molecule has 6 heteroatoms. The number of nitrogens with two attached hydrogens (primary N) is 1. The van der Waals surface area contributed by atoms with Gasteiger partial charge in [0.2, 0.25) is 0 Å². The molecule has 0 radical (unpaired) electrons. The molecule has 20 heavy (non-hydrogen) atoms. The highest BCUT2D eigenvalue weighted by Crippen LogP contribution is 2.37. The molecular weight excluding hydrogens is 285 g/mol. The van der Waals surface area contributed by atoms with Crippen molar-refractivity contribution in [3.8, 4) is 0 Å². The van der Waals surface area contributed by atoms with Gasteiger partial charge in [-0.1, -0.05) is 25.1 Å². The van der Waals surface area contributed by atoms with E-state index in [1.807, 2.05) is 6.92 Å². The van der Waals surface area contributed by atoms with E-state index in [0.29, 0.717) is 5.69 Å². The minimum absolute atomic E-state index is 0.130. The molecule has 0 saturated heterocycles. The normalized spacial score (nSPS) is 18.0. The zero-order valence-electron chi connectivity index (χ0n) is 11.2. The Balaban J connectivity index is 2.35. The fourth-order valence-corrected chi connectivity index (χ4v) is 2.88. The third-order valence-electron chi connectivity index (χ3n) is 3.74. The first-order valence-electron chi connectivity index (χ1n) is 6.50. The smallest absolute Gasteiger partial charge is 0.389 e. The predicted molar refractivity (Wildman–Crippen MR) is 77.8 cm³/mol. The summed E-state index contributed by atoms with van der Waals surface area (Å²) in [7, 11) is 0. The summed E-state index contributed by atoms with van der Waals surface area (Å²) in [6.07, 6.45) is -0.342. The average Bonchev–Trinajstić information content (AvgIpc) is 2.74. The van der Waals surface area contributed by atoms with Gasteiger partial charge in [0.15, 0.2) is 0 Å². The van der Waals surface area contributed by atoms with Crippen LogP contribution in [0.15, 0.2) is 18.2 Å². The minimum atomic E-state index is -4.47. The van der Waals surface area contributed by atoms with Crippen LogP contribution in [0.4, 0.5) is 18.9 Å². The third-order valence-corrected chi connectivity index (χ3v) is 3.96. The second kappa shape index (κ2) is 5.24. The first-order valence-corrected chi connectivity index (χ1v) is 6.91. The van der Waals surface area contributed by atoms with Crippen molar-refractivity contribution in [1.29, 1.82) is 0 Å². The van der Waals surface area contributed by atoms with Crippen LogP contribution >= 0.6 is 12.2 Å². The van der Waals surface area contributed by atoms with Crippen LogP contribution in [0.25, 0.3) is 0 Å². The Morgan fingerprint density at radius 2 is 1.90 bits per heavy atom. The number of halogens is 3. The highest BCUT2D eigenvalue weighted by Gasteiger charge is 2.35. The summed E-state index contributed by atoms with van der Waals surface area (Å²) >= 11 is 4.68. The molecule has 1 aromatic rings. The molecule has 0 unspecified atom stereocenters. The highest BCUT2D eigenvalue weighted by molar-refractivity contribution is 7.80. The summed E-state index contributed by atoms with van der Waals surface area (Å²) in [5, 5.41) is 3.21. The maximum Gasteiger partial charge on any atom is 0.417 e. The van der Waals surface area contributed by atoms with Crippen LogP contribution < -0.4 is 11.1 Å². The molecule has 0 spiro atoms. The van der Waals surface area contributed by atoms with Gasteiger partial charge in [-0.2, -0.15) is 13.2 Å². The maximum absolute atomic E-state index is 13.1. The van der Waals surface area contributed by atoms with Gasteiger partial charge in [-0.25, -0.2) is 0 Å². The van der Waals surface area contributed by atoms with Crippen LogP contribution in [-0.4, -0.2) is 10.5 Å². The molecule has 0 aromatic heterocycles. The van der Waals surface area contributed by atoms with Gasteiger partial charge in [-0.3, -0.25) is 0 Å². The standard InChI is InChI=1S/C14H17F3N2S/c1-13(6-2-3-7-13)19-9-4-5-10(12(18)20)11(8-9)14(15,16)17/h4-5,8,19H,2-3,6-7H2,1H3,(H2,18,20). The molecule has 2 rings (SSSR count). The lowest BCUT2D eigenvalue weighted by atomic mass is 9.99. The van der Waals surface area contributed by atoms with Crippen molar-refractivity contribution in [2.75, 3.05) is 5.32 Å². The van der Waals surface area contributed by atoms with Crippen LogP contribution in [0, 0.1) is 0 Å². The monoisotopic (exact) mass is 302 g/mol. The maximum atomic E-state index is 13.1. The van der Waals surface area contributed by atoms with E-state index in [-0.39, 0.29) is 16.1 Å². The number of thiocarbonyl (C=S) groups is 1. The zero-order chi connectivity index (χ0) is 15.0. The van der Waals surface area contributed by atoms with Crippen molar-refractivity contribution in [2.45, 2.75) is 44.3 Å². The van der Waals surface area contributed by atoms with Crippen molar-refractivity contribution in [3.05, 3.63) is 29.3 Å². The Morgan fingerprint density at radius 3 is 2.40 bits per heavy atom. The second-order valence-corrected chi connectivity index (χ2v) is 5.95. The topological polar surface area (TPSA) is 38.0 Å². The lowest BCUT2D eigenvalue weighted by Crippen LogP contribution is -2.31. The third kappa shape index (κ3) is 3.23. The van der Waals surface area contributed by atoms with E-state index in [1.165, 1.54) is 6.07 Å². The number of nitrogens with one attached hydrogen (secondary N) is 1. The molecule has 0 aliphatic heterocycles. The summed E-state index contributed by atoms with van der Waals surface area (Å²) in [6, 6.07) is 4.04. The number of alkyl halides is 3. The van der Waals surface area contributed by atoms with E-state index in [1.54, 1.807) is 6.07 Å². The van der Waals surface area contributed by atoms with Crippen molar-refractivity contribution in [2.24, 2.45) is 5.73 Å². The molecule has 3 N–H and O–H groups in total. The fraction of sp³-hybridized carbons (Fsp3) is 0.500. The van der Waals surface area contributed by atoms with Gasteiger partial charge in [0.25, 0.3) is 0 Å². The predicted octanol–water partition coefficient (Wildman–Crippen LogP) is 4.08. The van der Waals surface area contributed by atoms with Gasteiger partial charge >= 0.3 is 6.18 Å². The largest absolute Gasteiger partial charge is 0.417 e. The van der Waals surface area contributed by atoms with E-state index in [2.05, 4.69) is 17.5 Å². The van der Waals surface area contributed by atoms with Gasteiger partial charge in [0.1, 0.15) is 4.99 Å². The Morgan fingerprint density at radius 1 is 1.30 bits per heavy atom. The van der Waals surface area contributed by atoms with E-state index in [0.717, 1.165) is 31.7 Å². The summed E-state index contributed by atoms with van der Waals surface area (Å²) in [4.78, 5) is -0.240. The molecule has 0 heterocycles. The molecule has 1 aromatic carbocycles. The number of benzene rings is 1. The summed E-state index contributed by atoms with van der Waals surface area (Å²) in [6.45, 7) is 2.04. The fourth-order valence-electron chi connectivity index (χ4n) is 2.70. The van der Waals surface area contributed by atoms with Crippen LogP contribution in [0.5, 0.6) is 0 Å². The van der Waals surface area contributed by atoms with Crippen molar-refractivity contribution in [3.63, 3.8) is 0 Å². The molecule has 0 atom stereocenters. The number of rotatable bonds is 3. The van der Waals surface area contributed by atoms with E-state index in [4.69, 9.17) is 5.73 Å². The van der Waals surface area contributed by atoms with Crippen LogP contribution in [0.1, 0.15) is 43.7 Å². The molecule has 1 fully saturated rings. The molecule has 1 saturated carbocycles. The molecule has 0 bridgehead atoms. The number of hydrogen-bond acceptors (Lipinski definition) is 2.